The zero-order chi connectivity index (χ0) is 19.9. The van der Waals surface area contributed by atoms with Crippen molar-refractivity contribution in [2.45, 2.75) is 43.9 Å². The lowest BCUT2D eigenvalue weighted by Crippen LogP contribution is -2.36. The summed E-state index contributed by atoms with van der Waals surface area (Å²) in [5.74, 6) is -0.353. The third kappa shape index (κ3) is 5.06. The summed E-state index contributed by atoms with van der Waals surface area (Å²) in [5.41, 5.74) is 0.959. The van der Waals surface area contributed by atoms with Gasteiger partial charge >= 0.3 is 0 Å². The maximum absolute atomic E-state index is 12.9. The van der Waals surface area contributed by atoms with Crippen LogP contribution in [0.5, 0.6) is 0 Å². The van der Waals surface area contributed by atoms with Crippen LogP contribution in [0.2, 0.25) is 0 Å². The molecule has 0 saturated carbocycles. The summed E-state index contributed by atoms with van der Waals surface area (Å²) in [6.45, 7) is 3.16. The normalized spacial score (nSPS) is 14.9. The van der Waals surface area contributed by atoms with Crippen molar-refractivity contribution in [1.82, 2.24) is 9.21 Å². The van der Waals surface area contributed by atoms with E-state index in [1.54, 1.807) is 13.0 Å². The highest BCUT2D eigenvalue weighted by Gasteiger charge is 2.27. The van der Waals surface area contributed by atoms with E-state index in [1.807, 2.05) is 12.1 Å². The van der Waals surface area contributed by atoms with E-state index in [0.717, 1.165) is 19.3 Å². The third-order valence-electron chi connectivity index (χ3n) is 4.67. The molecule has 1 heterocycles. The highest BCUT2D eigenvalue weighted by molar-refractivity contribution is 7.89. The first-order chi connectivity index (χ1) is 12.9. The summed E-state index contributed by atoms with van der Waals surface area (Å²) in [6.07, 6.45) is 3.01. The molecule has 27 heavy (non-hydrogen) atoms. The van der Waals surface area contributed by atoms with Gasteiger partial charge in [0.25, 0.3) is 5.91 Å². The number of amides is 1. The minimum absolute atomic E-state index is 0.110. The fourth-order valence-corrected chi connectivity index (χ4v) is 4.65. The second-order valence-electron chi connectivity index (χ2n) is 6.55. The van der Waals surface area contributed by atoms with Crippen LogP contribution >= 0.6 is 0 Å². The van der Waals surface area contributed by atoms with Crippen LogP contribution in [-0.2, 0) is 10.0 Å². The van der Waals surface area contributed by atoms with E-state index >= 15 is 0 Å². The van der Waals surface area contributed by atoms with Gasteiger partial charge < -0.3 is 4.90 Å². The van der Waals surface area contributed by atoms with Gasteiger partial charge in [-0.3, -0.25) is 4.79 Å². The molecule has 1 aliphatic rings. The number of aryl methyl sites for hydroxylation is 1. The molecule has 1 saturated heterocycles. The molecule has 2 rings (SSSR count). The van der Waals surface area contributed by atoms with Gasteiger partial charge in [0.2, 0.25) is 10.0 Å². The molecule has 7 nitrogen and oxygen atoms in total. The van der Waals surface area contributed by atoms with Crippen molar-refractivity contribution < 1.29 is 13.2 Å². The molecule has 1 amide bonds. The average molecular weight is 388 g/mol. The number of benzene rings is 1. The van der Waals surface area contributed by atoms with E-state index in [9.17, 15) is 13.2 Å². The van der Waals surface area contributed by atoms with Gasteiger partial charge in [0.1, 0.15) is 0 Å². The summed E-state index contributed by atoms with van der Waals surface area (Å²) >= 11 is 0. The Hall–Kier alpha value is -2.42. The maximum atomic E-state index is 12.9. The highest BCUT2D eigenvalue weighted by Crippen LogP contribution is 2.23. The summed E-state index contributed by atoms with van der Waals surface area (Å²) in [7, 11) is -3.64. The lowest BCUT2D eigenvalue weighted by molar-refractivity contribution is 0.0761. The first kappa shape index (κ1) is 20.9. The van der Waals surface area contributed by atoms with Crippen LogP contribution in [0.15, 0.2) is 23.1 Å². The van der Waals surface area contributed by atoms with Crippen molar-refractivity contribution in [2.75, 3.05) is 26.2 Å². The molecule has 0 spiro atoms. The Balaban J connectivity index is 2.33. The van der Waals surface area contributed by atoms with Gasteiger partial charge in [0.15, 0.2) is 0 Å². The molecule has 0 radical (unpaired) electrons. The first-order valence-corrected chi connectivity index (χ1v) is 10.5. The van der Waals surface area contributed by atoms with Crippen LogP contribution < -0.4 is 0 Å². The van der Waals surface area contributed by atoms with Crippen LogP contribution in [-0.4, -0.2) is 49.7 Å². The molecule has 1 aromatic carbocycles. The Labute approximate surface area is 160 Å². The molecular weight excluding hydrogens is 364 g/mol. The molecule has 0 aliphatic carbocycles. The molecule has 0 N–H and O–H groups in total. The molecule has 1 aromatic rings. The molecule has 0 aromatic heterocycles. The van der Waals surface area contributed by atoms with Gasteiger partial charge in [-0.25, -0.2) is 8.42 Å². The van der Waals surface area contributed by atoms with E-state index in [1.165, 1.54) is 21.3 Å². The molecule has 1 fully saturated rings. The van der Waals surface area contributed by atoms with Crippen LogP contribution in [0.4, 0.5) is 0 Å². The Morgan fingerprint density at radius 3 is 2.26 bits per heavy atom. The van der Waals surface area contributed by atoms with Crippen molar-refractivity contribution in [2.24, 2.45) is 0 Å². The second-order valence-corrected chi connectivity index (χ2v) is 8.49. The quantitative estimate of drug-likeness (QED) is 0.713. The summed E-state index contributed by atoms with van der Waals surface area (Å²) in [5, 5.41) is 17.6. The van der Waals surface area contributed by atoms with E-state index < -0.39 is 10.0 Å². The number of hydrogen-bond acceptors (Lipinski definition) is 5. The van der Waals surface area contributed by atoms with E-state index in [-0.39, 0.29) is 36.7 Å². The van der Waals surface area contributed by atoms with Crippen LogP contribution in [0.3, 0.4) is 0 Å². The highest BCUT2D eigenvalue weighted by atomic mass is 32.2. The molecule has 0 atom stereocenters. The molecule has 8 heteroatoms. The van der Waals surface area contributed by atoms with Crippen molar-refractivity contribution >= 4 is 15.9 Å². The predicted octanol–water partition coefficient (Wildman–Crippen LogP) is 2.44. The summed E-state index contributed by atoms with van der Waals surface area (Å²) < 4.78 is 27.3. The number of carbonyl (C=O) groups is 1. The third-order valence-corrected chi connectivity index (χ3v) is 6.56. The number of hydrogen-bond donors (Lipinski definition) is 0. The smallest absolute Gasteiger partial charge is 0.254 e. The zero-order valence-electron chi connectivity index (χ0n) is 15.5. The standard InChI is InChI=1S/C19H24N4O3S/c1-16-7-8-17(27(25,26)23-13-3-2-4-14-23)15-18(16)19(24)22(11-5-9-20)12-6-10-21/h7-8,15H,2-6,11-14H2,1H3. The van der Waals surface area contributed by atoms with Crippen LogP contribution in [0.1, 0.15) is 48.0 Å². The predicted molar refractivity (Wildman–Crippen MR) is 100 cm³/mol. The fourth-order valence-electron chi connectivity index (χ4n) is 3.10. The Bertz CT molecular complexity index is 844. The minimum Gasteiger partial charge on any atom is -0.337 e. The molecule has 0 bridgehead atoms. The average Bonchev–Trinajstić information content (AvgIpc) is 2.68. The van der Waals surface area contributed by atoms with Gasteiger partial charge in [-0.05, 0) is 37.5 Å². The Morgan fingerprint density at radius 2 is 1.70 bits per heavy atom. The monoisotopic (exact) mass is 388 g/mol. The van der Waals surface area contributed by atoms with Crippen molar-refractivity contribution in [3.05, 3.63) is 29.3 Å². The molecule has 1 aliphatic heterocycles. The summed E-state index contributed by atoms with van der Waals surface area (Å²) in [4.78, 5) is 14.5. The van der Waals surface area contributed by atoms with E-state index in [0.29, 0.717) is 24.2 Å². The summed E-state index contributed by atoms with van der Waals surface area (Å²) in [6, 6.07) is 8.58. The maximum Gasteiger partial charge on any atom is 0.254 e. The fraction of sp³-hybridized carbons (Fsp3) is 0.526. The SMILES string of the molecule is Cc1ccc(S(=O)(=O)N2CCCCC2)cc1C(=O)N(CCC#N)CCC#N. The second kappa shape index (κ2) is 9.50. The van der Waals surface area contributed by atoms with Crippen LogP contribution in [0, 0.1) is 29.6 Å². The number of sulfonamides is 1. The van der Waals surface area contributed by atoms with E-state index in [2.05, 4.69) is 0 Å². The lowest BCUT2D eigenvalue weighted by Gasteiger charge is -2.26. The zero-order valence-corrected chi connectivity index (χ0v) is 16.3. The largest absolute Gasteiger partial charge is 0.337 e. The minimum atomic E-state index is -3.64. The Morgan fingerprint density at radius 1 is 1.11 bits per heavy atom. The first-order valence-electron chi connectivity index (χ1n) is 9.06. The molecule has 0 unspecified atom stereocenters. The number of rotatable bonds is 7. The van der Waals surface area contributed by atoms with Gasteiger partial charge in [0, 0.05) is 31.7 Å². The number of nitrogens with zero attached hydrogens (tertiary/aromatic N) is 4. The number of nitriles is 2. The topological polar surface area (TPSA) is 105 Å². The van der Waals surface area contributed by atoms with Crippen molar-refractivity contribution in [1.29, 1.82) is 10.5 Å². The van der Waals surface area contributed by atoms with Gasteiger partial charge in [-0.2, -0.15) is 14.8 Å². The molecular formula is C19H24N4O3S. The number of piperidine rings is 1. The van der Waals surface area contributed by atoms with E-state index in [4.69, 9.17) is 10.5 Å². The Kier molecular flexibility index (Phi) is 7.35. The van der Waals surface area contributed by atoms with Gasteiger partial charge in [-0.15, -0.1) is 0 Å². The van der Waals surface area contributed by atoms with Crippen LogP contribution in [0.25, 0.3) is 0 Å². The molecule has 144 valence electrons. The lowest BCUT2D eigenvalue weighted by atomic mass is 10.1. The number of carbonyl (C=O) groups excluding carboxylic acids is 1. The van der Waals surface area contributed by atoms with Gasteiger partial charge in [-0.1, -0.05) is 12.5 Å². The van der Waals surface area contributed by atoms with Gasteiger partial charge in [0.05, 0.1) is 29.9 Å². The van der Waals surface area contributed by atoms with Crippen molar-refractivity contribution in [3.8, 4) is 12.1 Å². The van der Waals surface area contributed by atoms with Crippen molar-refractivity contribution in [3.63, 3.8) is 0 Å².